The van der Waals surface area contributed by atoms with Crippen LogP contribution in [-0.4, -0.2) is 175 Å². The molecule has 2 fully saturated rings. The van der Waals surface area contributed by atoms with Crippen LogP contribution in [0.15, 0.2) is 0 Å². The summed E-state index contributed by atoms with van der Waals surface area (Å²) in [4.78, 5) is 33.3. The van der Waals surface area contributed by atoms with E-state index in [2.05, 4.69) is 5.48 Å². The molecule has 3 rings (SSSR count). The van der Waals surface area contributed by atoms with Crippen molar-refractivity contribution in [2.45, 2.75) is 160 Å². The molecule has 22 heteroatoms. The van der Waals surface area contributed by atoms with Gasteiger partial charge < -0.3 is 77.8 Å². The molecule has 0 spiro atoms. The monoisotopic (exact) mass is 1010 g/mol. The molecule has 0 aromatic heterocycles. The molecular weight excluding hydrogens is 943 g/mol. The fraction of sp³-hybridized carbons (Fsp3) is 0.795. The Morgan fingerprint density at radius 3 is 2.13 bits per heavy atom. The van der Waals surface area contributed by atoms with Gasteiger partial charge in [-0.3, -0.25) is 14.4 Å². The molecule has 6 N–H and O–H groups in total. The van der Waals surface area contributed by atoms with Crippen molar-refractivity contribution < 1.29 is 87.3 Å². The molecule has 0 aliphatic carbocycles. The summed E-state index contributed by atoms with van der Waals surface area (Å²) in [5, 5.41) is 52.7. The Hall–Kier alpha value is -1.72. The second-order valence-electron chi connectivity index (χ2n) is 14.6. The third-order valence-corrected chi connectivity index (χ3v) is 13.1. The maximum absolute atomic E-state index is 14.0. The van der Waals surface area contributed by atoms with E-state index in [9.17, 15) is 35.1 Å². The molecule has 15 atom stereocenters. The van der Waals surface area contributed by atoms with Gasteiger partial charge in [0.1, 0.15) is 24.5 Å². The van der Waals surface area contributed by atoms with Crippen molar-refractivity contribution in [3.63, 3.8) is 0 Å². The zero-order valence-electron chi connectivity index (χ0n) is 36.8. The summed E-state index contributed by atoms with van der Waals surface area (Å²) in [6.07, 6.45) is -14.2. The molecule has 15 unspecified atom stereocenters. The minimum atomic E-state index is -1.82. The lowest BCUT2D eigenvalue weighted by atomic mass is 9.99. The maximum Gasteiger partial charge on any atom is 0.229 e. The molecule has 1 aromatic carbocycles. The zero-order valence-corrected chi connectivity index (χ0v) is 39.7. The molecule has 352 valence electrons. The summed E-state index contributed by atoms with van der Waals surface area (Å²) in [6.45, 7) is 13.9. The zero-order chi connectivity index (χ0) is 45.9. The van der Waals surface area contributed by atoms with Crippen molar-refractivity contribution in [3.8, 4) is 17.2 Å². The van der Waals surface area contributed by atoms with Gasteiger partial charge in [0.25, 0.3) is 0 Å². The number of hydroxylamine groups is 1. The van der Waals surface area contributed by atoms with Gasteiger partial charge in [0.15, 0.2) is 24.1 Å². The lowest BCUT2D eigenvalue weighted by Crippen LogP contribution is -2.59. The molecule has 2 saturated heterocycles. The van der Waals surface area contributed by atoms with Gasteiger partial charge in [0.05, 0.1) is 59.1 Å². The van der Waals surface area contributed by atoms with Crippen LogP contribution in [0.5, 0.6) is 17.2 Å². The van der Waals surface area contributed by atoms with Gasteiger partial charge in [0, 0.05) is 47.1 Å². The molecule has 2 aliphatic heterocycles. The number of aliphatic hydroxyl groups excluding tert-OH is 5. The number of hydrogen-bond donors (Lipinski definition) is 6. The van der Waals surface area contributed by atoms with Crippen molar-refractivity contribution in [2.75, 3.05) is 41.6 Å². The number of rotatable bonds is 23. The largest absolute Gasteiger partial charge is 0.492 e. The quantitative estimate of drug-likeness (QED) is 0.0519. The molecule has 0 radical (unpaired) electrons. The third kappa shape index (κ3) is 13.7. The van der Waals surface area contributed by atoms with Gasteiger partial charge in [-0.05, 0) is 76.6 Å². The van der Waals surface area contributed by atoms with Crippen molar-refractivity contribution >= 4 is 45.4 Å². The van der Waals surface area contributed by atoms with Crippen molar-refractivity contribution in [1.82, 2.24) is 10.4 Å². The van der Waals surface area contributed by atoms with E-state index in [0.29, 0.717) is 15.7 Å². The van der Waals surface area contributed by atoms with Crippen molar-refractivity contribution in [3.05, 3.63) is 14.7 Å². The van der Waals surface area contributed by atoms with Gasteiger partial charge >= 0.3 is 0 Å². The van der Waals surface area contributed by atoms with E-state index in [1.54, 1.807) is 48.5 Å². The highest BCUT2D eigenvalue weighted by Crippen LogP contribution is 2.48. The number of halogens is 1. The van der Waals surface area contributed by atoms with Gasteiger partial charge in [-0.1, -0.05) is 11.8 Å². The van der Waals surface area contributed by atoms with Crippen molar-refractivity contribution in [2.24, 2.45) is 0 Å². The number of aliphatic hydroxyl groups is 5. The van der Waals surface area contributed by atoms with E-state index < -0.39 is 96.8 Å². The molecule has 20 nitrogen and oxygen atoms in total. The molecule has 0 bridgehead atoms. The number of carbonyl (C=O) groups is 2. The normalized spacial score (nSPS) is 28.6. The first kappa shape index (κ1) is 53.6. The average molecular weight is 1010 g/mol. The van der Waals surface area contributed by atoms with Gasteiger partial charge in [-0.2, -0.15) is 5.48 Å². The maximum atomic E-state index is 14.0. The van der Waals surface area contributed by atoms with Gasteiger partial charge in [-0.25, -0.2) is 0 Å². The topological polar surface area (TPSA) is 252 Å². The van der Waals surface area contributed by atoms with Crippen molar-refractivity contribution in [1.29, 1.82) is 0 Å². The number of benzene rings is 1. The van der Waals surface area contributed by atoms with Crippen LogP contribution in [-0.2, 0) is 42.8 Å². The van der Waals surface area contributed by atoms with Crippen LogP contribution in [0.2, 0.25) is 0 Å². The number of nitrogens with one attached hydrogen (secondary N) is 1. The minimum absolute atomic E-state index is 0.0111. The highest BCUT2D eigenvalue weighted by Gasteiger charge is 2.46. The molecule has 1 amide bonds. The Balaban J connectivity index is 1.61. The lowest BCUT2D eigenvalue weighted by Gasteiger charge is -2.40. The highest BCUT2D eigenvalue weighted by molar-refractivity contribution is 14.1. The second kappa shape index (κ2) is 25.1. The number of methoxy groups -OCH3 is 4. The predicted octanol–water partition coefficient (Wildman–Crippen LogP) is 1.78. The molecule has 2 heterocycles. The van der Waals surface area contributed by atoms with Crippen LogP contribution in [0.25, 0.3) is 0 Å². The van der Waals surface area contributed by atoms with E-state index in [0.717, 1.165) is 11.8 Å². The Bertz CT molecular complexity index is 1540. The number of hydrogen-bond acceptors (Lipinski definition) is 20. The van der Waals surface area contributed by atoms with E-state index in [1.807, 2.05) is 22.6 Å². The Kier molecular flexibility index (Phi) is 22.1. The summed E-state index contributed by atoms with van der Waals surface area (Å²) in [7, 11) is 5.55. The smallest absolute Gasteiger partial charge is 0.229 e. The number of nitrogens with zero attached hydrogens (tertiary/aromatic N) is 1. The minimum Gasteiger partial charge on any atom is -0.492 e. The SMILES string of the molecule is CCOC(CC(OC)N(CC)C(C)=O)OC(O)C(O)OC(C)C(C)NOC1CC(O)C(SC(=O)c2c(C)c(I)c(OC3OC(C)C(O)C(OC)C3O)c(OC)c2OC)C(C)O1. The first-order valence-corrected chi connectivity index (χ1v) is 21.9. The van der Waals surface area contributed by atoms with Gasteiger partial charge in [0.2, 0.25) is 35.6 Å². The number of thioether (sulfide) groups is 1. The number of carbonyl (C=O) groups excluding carboxylic acids is 2. The Labute approximate surface area is 375 Å². The molecule has 0 saturated carbocycles. The van der Waals surface area contributed by atoms with E-state index in [4.69, 9.17) is 52.2 Å². The number of ether oxygens (including phenoxy) is 10. The summed E-state index contributed by atoms with van der Waals surface area (Å²) in [6, 6.07) is -0.579. The van der Waals surface area contributed by atoms with E-state index in [1.165, 1.54) is 40.3 Å². The molecule has 61 heavy (non-hydrogen) atoms. The fourth-order valence-corrected chi connectivity index (χ4v) is 8.61. The highest BCUT2D eigenvalue weighted by atomic mass is 127. The van der Waals surface area contributed by atoms with Crippen LogP contribution < -0.4 is 19.7 Å². The molecule has 2 aliphatic rings. The van der Waals surface area contributed by atoms with Crippen LogP contribution in [0, 0.1) is 10.5 Å². The summed E-state index contributed by atoms with van der Waals surface area (Å²) < 4.78 is 57.2. The van der Waals surface area contributed by atoms with E-state index in [-0.39, 0.29) is 48.2 Å². The van der Waals surface area contributed by atoms with Crippen LogP contribution >= 0.6 is 34.4 Å². The average Bonchev–Trinajstić information content (AvgIpc) is 3.21. The fourth-order valence-electron chi connectivity index (χ4n) is 6.84. The predicted molar refractivity (Wildman–Crippen MR) is 227 cm³/mol. The molecular formula is C39H65IN2O18S. The van der Waals surface area contributed by atoms with Crippen LogP contribution in [0.3, 0.4) is 0 Å². The van der Waals surface area contributed by atoms with Crippen LogP contribution in [0.4, 0.5) is 0 Å². The van der Waals surface area contributed by atoms with Gasteiger partial charge in [-0.15, -0.1) is 0 Å². The summed E-state index contributed by atoms with van der Waals surface area (Å²) >= 11 is 2.87. The first-order chi connectivity index (χ1) is 28.8. The Morgan fingerprint density at radius 2 is 1.59 bits per heavy atom. The lowest BCUT2D eigenvalue weighted by molar-refractivity contribution is -0.318. The second-order valence-corrected chi connectivity index (χ2v) is 16.8. The first-order valence-electron chi connectivity index (χ1n) is 20.0. The third-order valence-electron chi connectivity index (χ3n) is 10.4. The summed E-state index contributed by atoms with van der Waals surface area (Å²) in [5.41, 5.74) is 3.45. The standard InChI is InChI=1S/C39H65IN2O18S/c1-13-42(22(8)43)24(50-9)16-25(54-14-2)58-37(48)36(47)56-19(5)18(4)41-60-26-15-23(44)35(21(7)55-26)61-38(49)27-17(3)28(40)32(34(53-12)31(27)51-10)59-39-30(46)33(52-11)29(45)20(6)57-39/h18-21,23-26,29-30,33,35-37,39,41,44-48H,13-16H2,1-12H3. The molecule has 1 aromatic rings. The Morgan fingerprint density at radius 1 is 0.951 bits per heavy atom. The van der Waals surface area contributed by atoms with Crippen LogP contribution in [0.1, 0.15) is 77.2 Å². The summed E-state index contributed by atoms with van der Waals surface area (Å²) in [5.74, 6) is 0.0669. The van der Waals surface area contributed by atoms with E-state index >= 15 is 0 Å². The number of amides is 1.